The van der Waals surface area contributed by atoms with E-state index >= 15 is 0 Å². The molecule has 2 heterocycles. The van der Waals surface area contributed by atoms with Gasteiger partial charge in [-0.15, -0.1) is 0 Å². The van der Waals surface area contributed by atoms with Crippen LogP contribution in [0.1, 0.15) is 29.7 Å². The number of nitrogens with zero attached hydrogens (tertiary/aromatic N) is 2. The number of amides is 3. The molecule has 0 saturated carbocycles. The molecule has 0 spiro atoms. The summed E-state index contributed by atoms with van der Waals surface area (Å²) in [4.78, 5) is 44.9. The van der Waals surface area contributed by atoms with E-state index in [9.17, 15) is 14.4 Å². The molecule has 2 aliphatic heterocycles. The number of imide groups is 1. The van der Waals surface area contributed by atoms with E-state index in [0.717, 1.165) is 23.1 Å². The zero-order chi connectivity index (χ0) is 20.7. The Kier molecular flexibility index (Phi) is 4.94. The molecule has 2 saturated heterocycles. The second kappa shape index (κ2) is 7.42. The first-order chi connectivity index (χ1) is 13.9. The van der Waals surface area contributed by atoms with Gasteiger partial charge in [-0.25, -0.2) is 4.90 Å². The minimum absolute atomic E-state index is 0.197. The second-order valence-electron chi connectivity index (χ2n) is 7.48. The number of rotatable bonds is 5. The van der Waals surface area contributed by atoms with Crippen LogP contribution in [0.3, 0.4) is 0 Å². The standard InChI is InChI=1S/C22H23N3O4/c1-3-14-7-9-16(10-8-14)25-21(27)18-19(15-6-4-5-13(2)11-15)24(12-17(23)26)29-20(18)22(25)28/h4-11,18-20H,3,12H2,1-2H3,(H2,23,26). The number of carbonyl (C=O) groups excluding carboxylic acids is 3. The van der Waals surface area contributed by atoms with Crippen molar-refractivity contribution in [2.45, 2.75) is 32.4 Å². The molecule has 0 aliphatic carbocycles. The van der Waals surface area contributed by atoms with Gasteiger partial charge in [0.2, 0.25) is 11.8 Å². The van der Waals surface area contributed by atoms with Gasteiger partial charge < -0.3 is 5.73 Å². The van der Waals surface area contributed by atoms with Crippen LogP contribution in [0.4, 0.5) is 5.69 Å². The number of hydrogen-bond donors (Lipinski definition) is 1. The second-order valence-corrected chi connectivity index (χ2v) is 7.48. The molecule has 7 nitrogen and oxygen atoms in total. The predicted octanol–water partition coefficient (Wildman–Crippen LogP) is 1.89. The third-order valence-electron chi connectivity index (χ3n) is 5.49. The summed E-state index contributed by atoms with van der Waals surface area (Å²) in [6.07, 6.45) is -0.105. The van der Waals surface area contributed by atoms with Crippen molar-refractivity contribution in [3.63, 3.8) is 0 Å². The Bertz CT molecular complexity index is 972. The van der Waals surface area contributed by atoms with Crippen molar-refractivity contribution in [2.24, 2.45) is 11.7 Å². The van der Waals surface area contributed by atoms with Crippen LogP contribution < -0.4 is 10.6 Å². The normalized spacial score (nSPS) is 24.2. The maximum Gasteiger partial charge on any atom is 0.265 e. The van der Waals surface area contributed by atoms with Crippen molar-refractivity contribution in [1.29, 1.82) is 0 Å². The molecule has 0 aromatic heterocycles. The highest BCUT2D eigenvalue weighted by Crippen LogP contribution is 2.45. The Hall–Kier alpha value is -3.03. The van der Waals surface area contributed by atoms with Gasteiger partial charge in [0, 0.05) is 0 Å². The molecule has 2 aromatic carbocycles. The zero-order valence-corrected chi connectivity index (χ0v) is 16.4. The Morgan fingerprint density at radius 2 is 1.83 bits per heavy atom. The van der Waals surface area contributed by atoms with E-state index in [1.807, 2.05) is 50.2 Å². The van der Waals surface area contributed by atoms with Gasteiger partial charge in [0.1, 0.15) is 6.54 Å². The molecule has 3 unspecified atom stereocenters. The van der Waals surface area contributed by atoms with Gasteiger partial charge in [-0.3, -0.25) is 19.2 Å². The highest BCUT2D eigenvalue weighted by Gasteiger charge is 2.60. The summed E-state index contributed by atoms with van der Waals surface area (Å²) in [5, 5.41) is 1.37. The molecule has 2 aliphatic rings. The van der Waals surface area contributed by atoms with Gasteiger partial charge >= 0.3 is 0 Å². The van der Waals surface area contributed by atoms with E-state index in [1.165, 1.54) is 9.96 Å². The summed E-state index contributed by atoms with van der Waals surface area (Å²) in [5.74, 6) is -2.08. The monoisotopic (exact) mass is 393 g/mol. The van der Waals surface area contributed by atoms with Gasteiger partial charge in [-0.2, -0.15) is 5.06 Å². The summed E-state index contributed by atoms with van der Waals surface area (Å²) in [7, 11) is 0. The van der Waals surface area contributed by atoms with Crippen molar-refractivity contribution in [1.82, 2.24) is 5.06 Å². The Labute approximate surface area is 169 Å². The third-order valence-corrected chi connectivity index (χ3v) is 5.49. The summed E-state index contributed by atoms with van der Waals surface area (Å²) in [6.45, 7) is 3.79. The number of hydrogen-bond acceptors (Lipinski definition) is 5. The summed E-state index contributed by atoms with van der Waals surface area (Å²) in [6, 6.07) is 14.4. The molecule has 0 bridgehead atoms. The summed E-state index contributed by atoms with van der Waals surface area (Å²) >= 11 is 0. The van der Waals surface area contributed by atoms with Crippen LogP contribution in [0.5, 0.6) is 0 Å². The van der Waals surface area contributed by atoms with Crippen molar-refractivity contribution >= 4 is 23.4 Å². The summed E-state index contributed by atoms with van der Waals surface area (Å²) in [5.41, 5.74) is 8.83. The number of fused-ring (bicyclic) bond motifs is 1. The minimum Gasteiger partial charge on any atom is -0.368 e. The molecular weight excluding hydrogens is 370 g/mol. The number of hydroxylamine groups is 2. The molecule has 2 fully saturated rings. The lowest BCUT2D eigenvalue weighted by atomic mass is 9.90. The minimum atomic E-state index is -0.974. The maximum atomic E-state index is 13.3. The number of nitrogens with two attached hydrogens (primary N) is 1. The highest BCUT2D eigenvalue weighted by molar-refractivity contribution is 6.23. The van der Waals surface area contributed by atoms with Crippen LogP contribution in [-0.2, 0) is 25.6 Å². The molecular formula is C22H23N3O4. The van der Waals surface area contributed by atoms with E-state index in [2.05, 4.69) is 0 Å². The van der Waals surface area contributed by atoms with Gasteiger partial charge in [-0.1, -0.05) is 48.9 Å². The molecule has 3 amide bonds. The first-order valence-electron chi connectivity index (χ1n) is 9.65. The fraction of sp³-hybridized carbons (Fsp3) is 0.318. The predicted molar refractivity (Wildman–Crippen MR) is 106 cm³/mol. The molecule has 0 radical (unpaired) electrons. The van der Waals surface area contributed by atoms with Crippen LogP contribution in [-0.4, -0.2) is 35.4 Å². The maximum absolute atomic E-state index is 13.3. The Balaban J connectivity index is 1.72. The molecule has 7 heteroatoms. The van der Waals surface area contributed by atoms with Crippen molar-refractivity contribution < 1.29 is 19.2 Å². The molecule has 2 aromatic rings. The van der Waals surface area contributed by atoms with E-state index in [4.69, 9.17) is 10.6 Å². The van der Waals surface area contributed by atoms with Crippen LogP contribution in [0.2, 0.25) is 0 Å². The first kappa shape index (κ1) is 19.3. The smallest absolute Gasteiger partial charge is 0.265 e. The average Bonchev–Trinajstić information content (AvgIpc) is 3.17. The van der Waals surface area contributed by atoms with Crippen LogP contribution >= 0.6 is 0 Å². The van der Waals surface area contributed by atoms with Gasteiger partial charge in [0.15, 0.2) is 6.10 Å². The lowest BCUT2D eigenvalue weighted by Gasteiger charge is -2.26. The van der Waals surface area contributed by atoms with E-state index in [1.54, 1.807) is 12.1 Å². The summed E-state index contributed by atoms with van der Waals surface area (Å²) < 4.78 is 0. The fourth-order valence-corrected chi connectivity index (χ4v) is 4.12. The Morgan fingerprint density at radius 3 is 2.45 bits per heavy atom. The lowest BCUT2D eigenvalue weighted by Crippen LogP contribution is -2.40. The van der Waals surface area contributed by atoms with Gasteiger partial charge in [-0.05, 0) is 36.6 Å². The average molecular weight is 393 g/mol. The number of aryl methyl sites for hydroxylation is 2. The number of primary amides is 1. The van der Waals surface area contributed by atoms with Crippen LogP contribution in [0.15, 0.2) is 48.5 Å². The largest absolute Gasteiger partial charge is 0.368 e. The first-order valence-corrected chi connectivity index (χ1v) is 9.65. The number of anilines is 1. The van der Waals surface area contributed by atoms with Crippen molar-refractivity contribution in [3.8, 4) is 0 Å². The van der Waals surface area contributed by atoms with E-state index in [0.29, 0.717) is 5.69 Å². The molecule has 2 N–H and O–H groups in total. The molecule has 4 rings (SSSR count). The SMILES string of the molecule is CCc1ccc(N2C(=O)C3ON(CC(N)=O)C(c4cccc(C)c4)C3C2=O)cc1. The van der Waals surface area contributed by atoms with Crippen molar-refractivity contribution in [3.05, 3.63) is 65.2 Å². The third kappa shape index (κ3) is 3.32. The van der Waals surface area contributed by atoms with Crippen LogP contribution in [0.25, 0.3) is 0 Å². The number of benzene rings is 2. The Morgan fingerprint density at radius 1 is 1.10 bits per heavy atom. The van der Waals surface area contributed by atoms with E-state index in [-0.39, 0.29) is 12.5 Å². The van der Waals surface area contributed by atoms with Crippen LogP contribution in [0, 0.1) is 12.8 Å². The van der Waals surface area contributed by atoms with Gasteiger partial charge in [0.25, 0.3) is 5.91 Å². The van der Waals surface area contributed by atoms with Gasteiger partial charge in [0.05, 0.1) is 17.6 Å². The molecule has 150 valence electrons. The lowest BCUT2D eigenvalue weighted by molar-refractivity contribution is -0.175. The number of carbonyl (C=O) groups is 3. The topological polar surface area (TPSA) is 92.9 Å². The molecule has 29 heavy (non-hydrogen) atoms. The fourth-order valence-electron chi connectivity index (χ4n) is 4.12. The van der Waals surface area contributed by atoms with Crippen molar-refractivity contribution in [2.75, 3.05) is 11.4 Å². The molecule has 3 atom stereocenters. The van der Waals surface area contributed by atoms with E-state index < -0.39 is 29.9 Å². The quantitative estimate of drug-likeness (QED) is 0.783. The highest BCUT2D eigenvalue weighted by atomic mass is 16.7. The zero-order valence-electron chi connectivity index (χ0n) is 16.4.